The summed E-state index contributed by atoms with van der Waals surface area (Å²) in [5.74, 6) is 0.642. The molecule has 1 saturated heterocycles. The fourth-order valence-corrected chi connectivity index (χ4v) is 3.16. The number of nitrogens with zero attached hydrogens (tertiary/aromatic N) is 1. The molecule has 0 radical (unpaired) electrons. The Bertz CT molecular complexity index is 428. The molecule has 0 spiro atoms. The number of sulfonamides is 1. The topological polar surface area (TPSA) is 91.8 Å². The molecule has 1 heterocycles. The van der Waals surface area contributed by atoms with Crippen LogP contribution in [0.1, 0.15) is 26.7 Å². The highest BCUT2D eigenvalue weighted by atomic mass is 32.2. The van der Waals surface area contributed by atoms with Crippen molar-refractivity contribution in [2.45, 2.75) is 38.3 Å². The standard InChI is InChI=1S/C12H26N4O3S/c1-12(2,16-20(4,17)18)9-15-11(13-3)14-8-10-6-5-7-19-10/h10,16H,5-9H2,1-4H3,(H2,13,14,15). The van der Waals surface area contributed by atoms with E-state index in [4.69, 9.17) is 4.74 Å². The van der Waals surface area contributed by atoms with Gasteiger partial charge < -0.3 is 15.4 Å². The van der Waals surface area contributed by atoms with Gasteiger partial charge in [-0.3, -0.25) is 4.99 Å². The summed E-state index contributed by atoms with van der Waals surface area (Å²) in [4.78, 5) is 4.11. The summed E-state index contributed by atoms with van der Waals surface area (Å²) in [6.07, 6.45) is 3.55. The Hall–Kier alpha value is -0.860. The molecule has 8 heteroatoms. The predicted octanol–water partition coefficient (Wildman–Crippen LogP) is -0.342. The van der Waals surface area contributed by atoms with Crippen LogP contribution in [0.2, 0.25) is 0 Å². The zero-order chi connectivity index (χ0) is 15.2. The molecular weight excluding hydrogens is 280 g/mol. The molecule has 0 aromatic carbocycles. The van der Waals surface area contributed by atoms with E-state index in [0.29, 0.717) is 19.0 Å². The third-order valence-corrected chi connectivity index (χ3v) is 3.83. The van der Waals surface area contributed by atoms with Crippen LogP contribution in [0.5, 0.6) is 0 Å². The highest BCUT2D eigenvalue weighted by Gasteiger charge is 2.22. The van der Waals surface area contributed by atoms with Gasteiger partial charge in [-0.25, -0.2) is 13.1 Å². The van der Waals surface area contributed by atoms with Gasteiger partial charge >= 0.3 is 0 Å². The van der Waals surface area contributed by atoms with Crippen LogP contribution >= 0.6 is 0 Å². The molecule has 0 aromatic heterocycles. The van der Waals surface area contributed by atoms with Crippen LogP contribution in [-0.4, -0.2) is 59.0 Å². The number of nitrogens with one attached hydrogen (secondary N) is 3. The lowest BCUT2D eigenvalue weighted by atomic mass is 10.1. The highest BCUT2D eigenvalue weighted by molar-refractivity contribution is 7.88. The van der Waals surface area contributed by atoms with Crippen LogP contribution in [0.15, 0.2) is 4.99 Å². The first kappa shape index (κ1) is 17.2. The van der Waals surface area contributed by atoms with E-state index in [9.17, 15) is 8.42 Å². The molecule has 0 amide bonds. The molecular formula is C12H26N4O3S. The third-order valence-electron chi connectivity index (χ3n) is 2.90. The maximum absolute atomic E-state index is 11.3. The Labute approximate surface area is 121 Å². The maximum atomic E-state index is 11.3. The summed E-state index contributed by atoms with van der Waals surface area (Å²) in [7, 11) is -1.55. The smallest absolute Gasteiger partial charge is 0.209 e. The van der Waals surface area contributed by atoms with Crippen molar-refractivity contribution in [1.82, 2.24) is 15.4 Å². The monoisotopic (exact) mass is 306 g/mol. The van der Waals surface area contributed by atoms with Crippen molar-refractivity contribution in [3.63, 3.8) is 0 Å². The molecule has 1 rings (SSSR count). The zero-order valence-electron chi connectivity index (χ0n) is 12.7. The van der Waals surface area contributed by atoms with E-state index in [1.54, 1.807) is 7.05 Å². The summed E-state index contributed by atoms with van der Waals surface area (Å²) < 4.78 is 30.6. The minimum atomic E-state index is -3.23. The van der Waals surface area contributed by atoms with Gasteiger partial charge in [-0.05, 0) is 26.7 Å². The molecule has 1 aliphatic rings. The summed E-state index contributed by atoms with van der Waals surface area (Å²) in [5.41, 5.74) is -0.588. The van der Waals surface area contributed by atoms with E-state index in [2.05, 4.69) is 20.3 Å². The van der Waals surface area contributed by atoms with Crippen molar-refractivity contribution in [1.29, 1.82) is 0 Å². The zero-order valence-corrected chi connectivity index (χ0v) is 13.5. The van der Waals surface area contributed by atoms with E-state index < -0.39 is 15.6 Å². The van der Waals surface area contributed by atoms with Crippen LogP contribution in [0.3, 0.4) is 0 Å². The average molecular weight is 306 g/mol. The summed E-state index contributed by atoms with van der Waals surface area (Å²) in [5, 5.41) is 6.30. The second kappa shape index (κ2) is 7.24. The molecule has 1 fully saturated rings. The van der Waals surface area contributed by atoms with Crippen molar-refractivity contribution in [3.8, 4) is 0 Å². The van der Waals surface area contributed by atoms with Gasteiger partial charge in [-0.1, -0.05) is 0 Å². The fraction of sp³-hybridized carbons (Fsp3) is 0.917. The SMILES string of the molecule is CN=C(NCC1CCCO1)NCC(C)(C)NS(C)(=O)=O. The molecule has 20 heavy (non-hydrogen) atoms. The number of ether oxygens (including phenoxy) is 1. The van der Waals surface area contributed by atoms with Gasteiger partial charge in [-0.15, -0.1) is 0 Å². The predicted molar refractivity (Wildman–Crippen MR) is 80.4 cm³/mol. The Kier molecular flexibility index (Phi) is 6.22. The number of rotatable bonds is 6. The largest absolute Gasteiger partial charge is 0.376 e. The number of hydrogen-bond donors (Lipinski definition) is 3. The van der Waals surface area contributed by atoms with Crippen molar-refractivity contribution in [3.05, 3.63) is 0 Å². The van der Waals surface area contributed by atoms with Crippen LogP contribution in [-0.2, 0) is 14.8 Å². The normalized spacial score (nSPS) is 21.0. The van der Waals surface area contributed by atoms with E-state index in [-0.39, 0.29) is 6.10 Å². The van der Waals surface area contributed by atoms with Crippen molar-refractivity contribution < 1.29 is 13.2 Å². The van der Waals surface area contributed by atoms with Crippen molar-refractivity contribution >= 4 is 16.0 Å². The fourth-order valence-electron chi connectivity index (χ4n) is 2.08. The second-order valence-electron chi connectivity index (χ2n) is 5.70. The van der Waals surface area contributed by atoms with Gasteiger partial charge in [0.15, 0.2) is 5.96 Å². The maximum Gasteiger partial charge on any atom is 0.209 e. The quantitative estimate of drug-likeness (QED) is 0.461. The number of aliphatic imine (C=N–C) groups is 1. The molecule has 3 N–H and O–H groups in total. The van der Waals surface area contributed by atoms with E-state index in [0.717, 1.165) is 25.7 Å². The minimum Gasteiger partial charge on any atom is -0.376 e. The lowest BCUT2D eigenvalue weighted by Gasteiger charge is -2.26. The Morgan fingerprint density at radius 2 is 2.10 bits per heavy atom. The van der Waals surface area contributed by atoms with Crippen LogP contribution in [0, 0.1) is 0 Å². The van der Waals surface area contributed by atoms with Gasteiger partial charge in [0.1, 0.15) is 0 Å². The first-order chi connectivity index (χ1) is 9.22. The van der Waals surface area contributed by atoms with Crippen LogP contribution in [0.4, 0.5) is 0 Å². The average Bonchev–Trinajstić information content (AvgIpc) is 2.79. The van der Waals surface area contributed by atoms with Crippen LogP contribution < -0.4 is 15.4 Å². The number of guanidine groups is 1. The van der Waals surface area contributed by atoms with Gasteiger partial charge in [0, 0.05) is 32.3 Å². The van der Waals surface area contributed by atoms with Gasteiger partial charge in [0.2, 0.25) is 10.0 Å². The molecule has 7 nitrogen and oxygen atoms in total. The second-order valence-corrected chi connectivity index (χ2v) is 7.45. The highest BCUT2D eigenvalue weighted by Crippen LogP contribution is 2.10. The van der Waals surface area contributed by atoms with Crippen LogP contribution in [0.25, 0.3) is 0 Å². The molecule has 118 valence electrons. The van der Waals surface area contributed by atoms with E-state index in [1.807, 2.05) is 13.8 Å². The third kappa shape index (κ3) is 7.06. The molecule has 0 bridgehead atoms. The van der Waals surface area contributed by atoms with E-state index >= 15 is 0 Å². The van der Waals surface area contributed by atoms with Gasteiger partial charge in [-0.2, -0.15) is 0 Å². The molecule has 1 aliphatic heterocycles. The molecule has 0 aliphatic carbocycles. The first-order valence-electron chi connectivity index (χ1n) is 6.77. The van der Waals surface area contributed by atoms with Gasteiger partial charge in [0.05, 0.1) is 12.4 Å². The Morgan fingerprint density at radius 1 is 1.40 bits per heavy atom. The molecule has 1 unspecified atom stereocenters. The summed E-state index contributed by atoms with van der Waals surface area (Å²) in [6, 6.07) is 0. The van der Waals surface area contributed by atoms with Gasteiger partial charge in [0.25, 0.3) is 0 Å². The Morgan fingerprint density at radius 3 is 2.60 bits per heavy atom. The number of hydrogen-bond acceptors (Lipinski definition) is 4. The lowest BCUT2D eigenvalue weighted by molar-refractivity contribution is 0.114. The molecule has 0 aromatic rings. The summed E-state index contributed by atoms with van der Waals surface area (Å²) in [6.45, 7) is 5.59. The Balaban J connectivity index is 2.36. The van der Waals surface area contributed by atoms with E-state index in [1.165, 1.54) is 0 Å². The van der Waals surface area contributed by atoms with Crippen molar-refractivity contribution in [2.75, 3.05) is 33.0 Å². The first-order valence-corrected chi connectivity index (χ1v) is 8.66. The summed E-state index contributed by atoms with van der Waals surface area (Å²) >= 11 is 0. The molecule has 1 atom stereocenters. The van der Waals surface area contributed by atoms with Crippen molar-refractivity contribution in [2.24, 2.45) is 4.99 Å². The lowest BCUT2D eigenvalue weighted by Crippen LogP contribution is -2.53. The molecule has 0 saturated carbocycles. The minimum absolute atomic E-state index is 0.232.